The molecular formula is C12H17BrFN3. The molecule has 0 aliphatic carbocycles. The standard InChI is InChI=1S/C12H17BrFN3/c1-2-3-16-4-6-17(7-5-16)12-11(14)8-10(13)9-15-12/h8-9H,2-7H2,1H3. The molecule has 17 heavy (non-hydrogen) atoms. The van der Waals surface area contributed by atoms with Crippen LogP contribution in [0.1, 0.15) is 13.3 Å². The molecule has 0 amide bonds. The Morgan fingerprint density at radius 3 is 2.65 bits per heavy atom. The number of aromatic nitrogens is 1. The SMILES string of the molecule is CCCN1CCN(c2ncc(Br)cc2F)CC1. The monoisotopic (exact) mass is 301 g/mol. The summed E-state index contributed by atoms with van der Waals surface area (Å²) in [6.07, 6.45) is 2.82. The highest BCUT2D eigenvalue weighted by Gasteiger charge is 2.19. The molecule has 0 saturated carbocycles. The Labute approximate surface area is 110 Å². The Morgan fingerprint density at radius 1 is 1.35 bits per heavy atom. The van der Waals surface area contributed by atoms with E-state index in [1.807, 2.05) is 4.90 Å². The minimum absolute atomic E-state index is 0.247. The molecule has 3 nitrogen and oxygen atoms in total. The number of piperazine rings is 1. The molecule has 0 radical (unpaired) electrons. The van der Waals surface area contributed by atoms with E-state index in [0.29, 0.717) is 10.3 Å². The minimum atomic E-state index is -0.247. The lowest BCUT2D eigenvalue weighted by Crippen LogP contribution is -2.47. The van der Waals surface area contributed by atoms with Crippen molar-refractivity contribution in [2.45, 2.75) is 13.3 Å². The molecule has 0 spiro atoms. The van der Waals surface area contributed by atoms with Crippen LogP contribution in [0.25, 0.3) is 0 Å². The molecule has 5 heteroatoms. The molecule has 1 aliphatic heterocycles. The van der Waals surface area contributed by atoms with Gasteiger partial charge >= 0.3 is 0 Å². The maximum atomic E-state index is 13.7. The van der Waals surface area contributed by atoms with E-state index in [2.05, 4.69) is 32.7 Å². The normalized spacial score (nSPS) is 17.5. The van der Waals surface area contributed by atoms with Crippen LogP contribution >= 0.6 is 15.9 Å². The van der Waals surface area contributed by atoms with Crippen molar-refractivity contribution in [2.24, 2.45) is 0 Å². The van der Waals surface area contributed by atoms with Crippen LogP contribution in [0.4, 0.5) is 10.2 Å². The predicted octanol–water partition coefficient (Wildman–Crippen LogP) is 2.52. The lowest BCUT2D eigenvalue weighted by Gasteiger charge is -2.35. The predicted molar refractivity (Wildman–Crippen MR) is 70.8 cm³/mol. The fourth-order valence-corrected chi connectivity index (χ4v) is 2.44. The molecule has 1 aliphatic rings. The van der Waals surface area contributed by atoms with Gasteiger partial charge in [0.25, 0.3) is 0 Å². The molecule has 2 heterocycles. The fraction of sp³-hybridized carbons (Fsp3) is 0.583. The second kappa shape index (κ2) is 5.78. The van der Waals surface area contributed by atoms with Crippen LogP contribution in [0, 0.1) is 5.82 Å². The molecule has 0 bridgehead atoms. The Hall–Kier alpha value is -0.680. The second-order valence-electron chi connectivity index (χ2n) is 4.29. The van der Waals surface area contributed by atoms with Crippen molar-refractivity contribution in [3.05, 3.63) is 22.6 Å². The van der Waals surface area contributed by atoms with Crippen molar-refractivity contribution >= 4 is 21.7 Å². The summed E-state index contributed by atoms with van der Waals surface area (Å²) >= 11 is 3.22. The third kappa shape index (κ3) is 3.16. The number of rotatable bonds is 3. The summed E-state index contributed by atoms with van der Waals surface area (Å²) in [4.78, 5) is 8.59. The molecule has 1 fully saturated rings. The number of hydrogen-bond acceptors (Lipinski definition) is 3. The summed E-state index contributed by atoms with van der Waals surface area (Å²) in [5, 5.41) is 0. The van der Waals surface area contributed by atoms with Gasteiger partial charge in [0, 0.05) is 36.8 Å². The quantitative estimate of drug-likeness (QED) is 0.855. The van der Waals surface area contributed by atoms with Crippen LogP contribution in [-0.2, 0) is 0 Å². The van der Waals surface area contributed by atoms with Crippen molar-refractivity contribution in [1.82, 2.24) is 9.88 Å². The van der Waals surface area contributed by atoms with E-state index < -0.39 is 0 Å². The van der Waals surface area contributed by atoms with Crippen LogP contribution in [0.5, 0.6) is 0 Å². The Morgan fingerprint density at radius 2 is 2.06 bits per heavy atom. The molecule has 0 N–H and O–H groups in total. The lowest BCUT2D eigenvalue weighted by atomic mass is 10.3. The zero-order valence-corrected chi connectivity index (χ0v) is 11.6. The van der Waals surface area contributed by atoms with Gasteiger partial charge in [-0.1, -0.05) is 6.92 Å². The van der Waals surface area contributed by atoms with Gasteiger partial charge in [-0.25, -0.2) is 9.37 Å². The molecule has 0 atom stereocenters. The first-order valence-corrected chi connectivity index (χ1v) is 6.78. The number of halogens is 2. The van der Waals surface area contributed by atoms with Gasteiger partial charge in [-0.15, -0.1) is 0 Å². The molecule has 1 saturated heterocycles. The van der Waals surface area contributed by atoms with Crippen molar-refractivity contribution in [3.63, 3.8) is 0 Å². The third-order valence-corrected chi connectivity index (χ3v) is 3.43. The van der Waals surface area contributed by atoms with Gasteiger partial charge in [-0.3, -0.25) is 4.90 Å². The number of anilines is 1. The van der Waals surface area contributed by atoms with E-state index in [0.717, 1.165) is 32.7 Å². The van der Waals surface area contributed by atoms with E-state index in [4.69, 9.17) is 0 Å². The van der Waals surface area contributed by atoms with Crippen molar-refractivity contribution in [3.8, 4) is 0 Å². The van der Waals surface area contributed by atoms with Gasteiger partial charge in [0.1, 0.15) is 0 Å². The minimum Gasteiger partial charge on any atom is -0.352 e. The summed E-state index contributed by atoms with van der Waals surface area (Å²) in [5.41, 5.74) is 0. The van der Waals surface area contributed by atoms with Crippen molar-refractivity contribution in [1.29, 1.82) is 0 Å². The largest absolute Gasteiger partial charge is 0.352 e. The van der Waals surface area contributed by atoms with Gasteiger partial charge in [0.2, 0.25) is 0 Å². The number of pyridine rings is 1. The van der Waals surface area contributed by atoms with Gasteiger partial charge < -0.3 is 4.90 Å². The van der Waals surface area contributed by atoms with Crippen LogP contribution in [0.3, 0.4) is 0 Å². The maximum Gasteiger partial charge on any atom is 0.166 e. The number of nitrogens with zero attached hydrogens (tertiary/aromatic N) is 3. The smallest absolute Gasteiger partial charge is 0.166 e. The van der Waals surface area contributed by atoms with E-state index in [1.54, 1.807) is 6.20 Å². The lowest BCUT2D eigenvalue weighted by molar-refractivity contribution is 0.257. The Balaban J connectivity index is 2.00. The topological polar surface area (TPSA) is 19.4 Å². The first-order valence-electron chi connectivity index (χ1n) is 5.99. The highest BCUT2D eigenvalue weighted by atomic mass is 79.9. The summed E-state index contributed by atoms with van der Waals surface area (Å²) in [7, 11) is 0. The molecule has 1 aromatic rings. The van der Waals surface area contributed by atoms with E-state index in [-0.39, 0.29) is 5.82 Å². The van der Waals surface area contributed by atoms with Crippen LogP contribution < -0.4 is 4.90 Å². The van der Waals surface area contributed by atoms with Crippen molar-refractivity contribution in [2.75, 3.05) is 37.6 Å². The highest BCUT2D eigenvalue weighted by molar-refractivity contribution is 9.10. The molecular weight excluding hydrogens is 285 g/mol. The van der Waals surface area contributed by atoms with Gasteiger partial charge in [-0.05, 0) is 35.0 Å². The van der Waals surface area contributed by atoms with Crippen LogP contribution in [-0.4, -0.2) is 42.6 Å². The molecule has 0 unspecified atom stereocenters. The fourth-order valence-electron chi connectivity index (χ4n) is 2.14. The van der Waals surface area contributed by atoms with Gasteiger partial charge in [0.15, 0.2) is 11.6 Å². The van der Waals surface area contributed by atoms with E-state index >= 15 is 0 Å². The van der Waals surface area contributed by atoms with Gasteiger partial charge in [-0.2, -0.15) is 0 Å². The first kappa shape index (κ1) is 12.8. The Kier molecular flexibility index (Phi) is 4.34. The average molecular weight is 302 g/mol. The maximum absolute atomic E-state index is 13.7. The van der Waals surface area contributed by atoms with E-state index in [1.165, 1.54) is 12.5 Å². The zero-order valence-electron chi connectivity index (χ0n) is 9.99. The second-order valence-corrected chi connectivity index (χ2v) is 5.20. The highest BCUT2D eigenvalue weighted by Crippen LogP contribution is 2.21. The van der Waals surface area contributed by atoms with E-state index in [9.17, 15) is 4.39 Å². The Bertz CT molecular complexity index is 378. The third-order valence-electron chi connectivity index (χ3n) is 3.00. The average Bonchev–Trinajstić information content (AvgIpc) is 2.31. The van der Waals surface area contributed by atoms with Crippen LogP contribution in [0.2, 0.25) is 0 Å². The van der Waals surface area contributed by atoms with Crippen LogP contribution in [0.15, 0.2) is 16.7 Å². The molecule has 0 aromatic carbocycles. The zero-order chi connectivity index (χ0) is 12.3. The van der Waals surface area contributed by atoms with Gasteiger partial charge in [0.05, 0.1) is 0 Å². The first-order chi connectivity index (χ1) is 8.20. The van der Waals surface area contributed by atoms with Crippen molar-refractivity contribution < 1.29 is 4.39 Å². The molecule has 1 aromatic heterocycles. The molecule has 94 valence electrons. The summed E-state index contributed by atoms with van der Waals surface area (Å²) in [6, 6.07) is 1.47. The summed E-state index contributed by atoms with van der Waals surface area (Å²) in [5.74, 6) is 0.229. The number of hydrogen-bond donors (Lipinski definition) is 0. The summed E-state index contributed by atoms with van der Waals surface area (Å²) in [6.45, 7) is 7.00. The summed E-state index contributed by atoms with van der Waals surface area (Å²) < 4.78 is 14.4. The molecule has 2 rings (SSSR count).